The van der Waals surface area contributed by atoms with E-state index >= 15 is 0 Å². The molecule has 6 heteroatoms. The van der Waals surface area contributed by atoms with E-state index in [9.17, 15) is 0 Å². The van der Waals surface area contributed by atoms with Crippen LogP contribution in [0.1, 0.15) is 43.5 Å². The predicted molar refractivity (Wildman–Crippen MR) is 132 cm³/mol. The highest BCUT2D eigenvalue weighted by Gasteiger charge is 2.22. The van der Waals surface area contributed by atoms with Crippen LogP contribution >= 0.6 is 0 Å². The van der Waals surface area contributed by atoms with Crippen molar-refractivity contribution in [2.75, 3.05) is 46.4 Å². The molecule has 3 aromatic rings. The highest BCUT2D eigenvalue weighted by Crippen LogP contribution is 2.35. The number of likely N-dealkylation sites (tertiary alicyclic amines) is 2. The van der Waals surface area contributed by atoms with Crippen molar-refractivity contribution in [2.24, 2.45) is 0 Å². The Morgan fingerprint density at radius 1 is 0.970 bits per heavy atom. The van der Waals surface area contributed by atoms with Crippen LogP contribution in [0.25, 0.3) is 11.0 Å². The van der Waals surface area contributed by atoms with E-state index in [4.69, 9.17) is 14.5 Å². The van der Waals surface area contributed by atoms with Crippen LogP contribution in [0, 0.1) is 0 Å². The van der Waals surface area contributed by atoms with Crippen molar-refractivity contribution in [2.45, 2.75) is 44.6 Å². The summed E-state index contributed by atoms with van der Waals surface area (Å²) >= 11 is 0. The number of benzene rings is 2. The Labute approximate surface area is 196 Å². The zero-order valence-electron chi connectivity index (χ0n) is 19.8. The molecule has 2 aromatic carbocycles. The predicted octanol–water partition coefficient (Wildman–Crippen LogP) is 4.49. The van der Waals surface area contributed by atoms with Gasteiger partial charge >= 0.3 is 0 Å². The molecule has 0 unspecified atom stereocenters. The summed E-state index contributed by atoms with van der Waals surface area (Å²) in [5.74, 6) is 2.71. The van der Waals surface area contributed by atoms with Crippen molar-refractivity contribution in [3.05, 3.63) is 53.9 Å². The Morgan fingerprint density at radius 2 is 1.79 bits per heavy atom. The van der Waals surface area contributed by atoms with Gasteiger partial charge in [0.25, 0.3) is 0 Å². The molecule has 0 saturated carbocycles. The largest absolute Gasteiger partial charge is 0.488 e. The monoisotopic (exact) mass is 448 g/mol. The lowest BCUT2D eigenvalue weighted by Gasteiger charge is -2.30. The Balaban J connectivity index is 1.34. The number of hydrogen-bond donors (Lipinski definition) is 1. The van der Waals surface area contributed by atoms with Crippen LogP contribution < -0.4 is 9.47 Å². The molecule has 0 radical (unpaired) electrons. The fraction of sp³-hybridized carbons (Fsp3) is 0.519. The second kappa shape index (κ2) is 10.6. The third kappa shape index (κ3) is 5.68. The number of aromatic nitrogens is 2. The standard InChI is InChI=1S/C27H36N4O2/c1-30-16-12-22(13-17-30)33-27-21(20-26-28-23-9-3-4-10-24(23)29-26)8-7-11-25(27)32-19-18-31-14-5-2-6-15-31/h3-4,7-11,22H,2,5-6,12-20H2,1H3,(H,28,29). The Kier molecular flexibility index (Phi) is 7.12. The summed E-state index contributed by atoms with van der Waals surface area (Å²) in [7, 11) is 2.18. The Morgan fingerprint density at radius 3 is 2.61 bits per heavy atom. The van der Waals surface area contributed by atoms with Gasteiger partial charge in [-0.05, 0) is 64.0 Å². The summed E-state index contributed by atoms with van der Waals surface area (Å²) in [4.78, 5) is 13.1. The van der Waals surface area contributed by atoms with Crippen molar-refractivity contribution in [1.82, 2.24) is 19.8 Å². The number of ether oxygens (including phenoxy) is 2. The van der Waals surface area contributed by atoms with Gasteiger partial charge in [0.05, 0.1) is 11.0 Å². The van der Waals surface area contributed by atoms with Crippen LogP contribution in [0.15, 0.2) is 42.5 Å². The first kappa shape index (κ1) is 22.2. The topological polar surface area (TPSA) is 53.6 Å². The number of aromatic amines is 1. The molecule has 33 heavy (non-hydrogen) atoms. The summed E-state index contributed by atoms with van der Waals surface area (Å²) in [6.07, 6.45) is 6.97. The summed E-state index contributed by atoms with van der Waals surface area (Å²) in [5.41, 5.74) is 3.20. The van der Waals surface area contributed by atoms with Crippen LogP contribution in [0.4, 0.5) is 0 Å². The number of fused-ring (bicyclic) bond motifs is 1. The van der Waals surface area contributed by atoms with Gasteiger partial charge in [-0.2, -0.15) is 0 Å². The number of imidazole rings is 1. The van der Waals surface area contributed by atoms with Crippen molar-refractivity contribution < 1.29 is 9.47 Å². The van der Waals surface area contributed by atoms with Gasteiger partial charge in [0.1, 0.15) is 18.5 Å². The van der Waals surface area contributed by atoms with Crippen molar-refractivity contribution in [1.29, 1.82) is 0 Å². The number of piperidine rings is 2. The highest BCUT2D eigenvalue weighted by atomic mass is 16.5. The molecular weight excluding hydrogens is 412 g/mol. The number of rotatable bonds is 8. The minimum absolute atomic E-state index is 0.225. The van der Waals surface area contributed by atoms with E-state index in [1.807, 2.05) is 18.2 Å². The molecule has 2 saturated heterocycles. The molecule has 3 heterocycles. The third-order valence-electron chi connectivity index (χ3n) is 6.92. The first-order chi connectivity index (χ1) is 16.2. The molecule has 5 rings (SSSR count). The average Bonchev–Trinajstić information content (AvgIpc) is 3.25. The van der Waals surface area contributed by atoms with E-state index in [1.165, 1.54) is 32.4 Å². The van der Waals surface area contributed by atoms with Gasteiger partial charge in [-0.3, -0.25) is 4.90 Å². The average molecular weight is 449 g/mol. The van der Waals surface area contributed by atoms with Crippen molar-refractivity contribution >= 4 is 11.0 Å². The van der Waals surface area contributed by atoms with E-state index in [1.54, 1.807) is 0 Å². The lowest BCUT2D eigenvalue weighted by Crippen LogP contribution is -2.36. The fourth-order valence-electron chi connectivity index (χ4n) is 4.95. The van der Waals surface area contributed by atoms with Crippen LogP contribution in [-0.4, -0.2) is 72.3 Å². The lowest BCUT2D eigenvalue weighted by atomic mass is 10.1. The molecule has 0 spiro atoms. The van der Waals surface area contributed by atoms with E-state index in [0.717, 1.165) is 66.4 Å². The fourth-order valence-corrected chi connectivity index (χ4v) is 4.95. The minimum atomic E-state index is 0.225. The number of nitrogens with zero attached hydrogens (tertiary/aromatic N) is 3. The Bertz CT molecular complexity index is 1000. The Hall–Kier alpha value is -2.57. The van der Waals surface area contributed by atoms with Gasteiger partial charge in [-0.1, -0.05) is 30.7 Å². The summed E-state index contributed by atoms with van der Waals surface area (Å²) in [5, 5.41) is 0. The van der Waals surface area contributed by atoms with E-state index < -0.39 is 0 Å². The number of hydrogen-bond acceptors (Lipinski definition) is 5. The van der Waals surface area contributed by atoms with Gasteiger partial charge in [0.2, 0.25) is 0 Å². The zero-order chi connectivity index (χ0) is 22.5. The minimum Gasteiger partial charge on any atom is -0.488 e. The van der Waals surface area contributed by atoms with Gasteiger partial charge in [-0.15, -0.1) is 0 Å². The maximum atomic E-state index is 6.65. The van der Waals surface area contributed by atoms with Crippen molar-refractivity contribution in [3.63, 3.8) is 0 Å². The second-order valence-electron chi connectivity index (χ2n) is 9.49. The van der Waals surface area contributed by atoms with E-state index in [-0.39, 0.29) is 6.10 Å². The van der Waals surface area contributed by atoms with Crippen molar-refractivity contribution in [3.8, 4) is 11.5 Å². The van der Waals surface area contributed by atoms with Gasteiger partial charge in [0, 0.05) is 31.6 Å². The number of nitrogens with one attached hydrogen (secondary N) is 1. The molecule has 2 aliphatic heterocycles. The molecule has 1 aromatic heterocycles. The first-order valence-corrected chi connectivity index (χ1v) is 12.5. The molecular formula is C27H36N4O2. The van der Waals surface area contributed by atoms with Crippen LogP contribution in [-0.2, 0) is 6.42 Å². The van der Waals surface area contributed by atoms with Crippen LogP contribution in [0.5, 0.6) is 11.5 Å². The molecule has 0 bridgehead atoms. The maximum Gasteiger partial charge on any atom is 0.165 e. The molecule has 0 atom stereocenters. The van der Waals surface area contributed by atoms with Gasteiger partial charge in [0.15, 0.2) is 11.5 Å². The molecule has 1 N–H and O–H groups in total. The third-order valence-corrected chi connectivity index (χ3v) is 6.92. The molecule has 2 fully saturated rings. The number of H-pyrrole nitrogens is 1. The molecule has 0 aliphatic carbocycles. The zero-order valence-corrected chi connectivity index (χ0v) is 19.8. The van der Waals surface area contributed by atoms with E-state index in [0.29, 0.717) is 13.0 Å². The molecule has 6 nitrogen and oxygen atoms in total. The SMILES string of the molecule is CN1CCC(Oc2c(Cc3nc4ccccc4[nH]3)cccc2OCCN2CCCCC2)CC1. The smallest absolute Gasteiger partial charge is 0.165 e. The van der Waals surface area contributed by atoms with Gasteiger partial charge < -0.3 is 19.4 Å². The molecule has 176 valence electrons. The second-order valence-corrected chi connectivity index (χ2v) is 9.49. The quantitative estimate of drug-likeness (QED) is 0.550. The lowest BCUT2D eigenvalue weighted by molar-refractivity contribution is 0.107. The summed E-state index contributed by atoms with van der Waals surface area (Å²) in [6, 6.07) is 14.5. The van der Waals surface area contributed by atoms with Gasteiger partial charge in [-0.25, -0.2) is 4.98 Å². The summed E-state index contributed by atoms with van der Waals surface area (Å²) in [6.45, 7) is 6.19. The van der Waals surface area contributed by atoms with E-state index in [2.05, 4.69) is 46.1 Å². The highest BCUT2D eigenvalue weighted by molar-refractivity contribution is 5.74. The normalized spacial score (nSPS) is 18.6. The molecule has 0 amide bonds. The maximum absolute atomic E-state index is 6.65. The first-order valence-electron chi connectivity index (χ1n) is 12.5. The number of para-hydroxylation sites is 3. The summed E-state index contributed by atoms with van der Waals surface area (Å²) < 4.78 is 13.0. The van der Waals surface area contributed by atoms with Crippen LogP contribution in [0.3, 0.4) is 0 Å². The molecule has 2 aliphatic rings. The van der Waals surface area contributed by atoms with Crippen LogP contribution in [0.2, 0.25) is 0 Å².